The van der Waals surface area contributed by atoms with E-state index in [0.717, 1.165) is 25.9 Å². The number of carbonyl (C=O) groups excluding carboxylic acids is 2. The zero-order valence-electron chi connectivity index (χ0n) is 20.0. The Bertz CT molecular complexity index is 1270. The molecule has 4 aliphatic heterocycles. The summed E-state index contributed by atoms with van der Waals surface area (Å²) in [5, 5.41) is 14.7. The van der Waals surface area contributed by atoms with Gasteiger partial charge in [0.25, 0.3) is 5.91 Å². The van der Waals surface area contributed by atoms with E-state index in [1.54, 1.807) is 60.8 Å². The predicted molar refractivity (Wildman–Crippen MR) is 129 cm³/mol. The fraction of sp³-hybridized carbons (Fsp3) is 0.333. The van der Waals surface area contributed by atoms with Crippen LogP contribution >= 0.6 is 0 Å². The van der Waals surface area contributed by atoms with Gasteiger partial charge in [-0.05, 0) is 18.2 Å². The Hall–Kier alpha value is -3.34. The van der Waals surface area contributed by atoms with E-state index < -0.39 is 17.7 Å². The monoisotopic (exact) mass is 566 g/mol. The van der Waals surface area contributed by atoms with Crippen LogP contribution in [0, 0.1) is 5.92 Å². The molecule has 0 radical (unpaired) electrons. The molecule has 3 fully saturated rings. The number of aliphatic hydroxyl groups is 1. The van der Waals surface area contributed by atoms with Crippen LogP contribution in [-0.2, 0) is 19.9 Å². The van der Waals surface area contributed by atoms with Crippen molar-refractivity contribution in [2.24, 2.45) is 5.92 Å². The van der Waals surface area contributed by atoms with Gasteiger partial charge in [0, 0.05) is 36.1 Å². The lowest BCUT2D eigenvalue weighted by Gasteiger charge is -2.51. The molecule has 2 bridgehead atoms. The molecule has 1 atom stereocenters. The number of para-hydroxylation sites is 2. The molecule has 2 aromatic carbocycles. The number of esters is 1. The van der Waals surface area contributed by atoms with Gasteiger partial charge in [0.2, 0.25) is 5.60 Å². The number of nitrogens with zero attached hydrogens (tertiary/aromatic N) is 3. The van der Waals surface area contributed by atoms with Crippen molar-refractivity contribution in [2.75, 3.05) is 31.5 Å². The summed E-state index contributed by atoms with van der Waals surface area (Å²) in [5.41, 5.74) is -1.25. The summed E-state index contributed by atoms with van der Waals surface area (Å²) < 4.78 is 12.6. The summed E-state index contributed by atoms with van der Waals surface area (Å²) in [7, 11) is 0. The highest BCUT2D eigenvalue weighted by molar-refractivity contribution is 5.90. The molecular weight excluding hydrogens is 540 g/mol. The van der Waals surface area contributed by atoms with E-state index in [9.17, 15) is 14.7 Å². The fourth-order valence-electron chi connectivity index (χ4n) is 5.84. The van der Waals surface area contributed by atoms with Crippen LogP contribution in [0.5, 0.6) is 11.5 Å². The maximum atomic E-state index is 13.7. The third-order valence-corrected chi connectivity index (χ3v) is 7.70. The standard InChI is InChI=1S/C27H26N4O5.BrH/c32-25(30-24-9-12-28-17-29-24)16-31-13-10-18(11-14-31)23(15-31)36-26(33)27(34)19-5-1-3-7-21(19)35-22-8-4-2-6-20(22)27;/h1-9,12,17-18,23,34H,10-11,13-16H2;1H/t18?,23-,31?;/m0./s1. The van der Waals surface area contributed by atoms with Gasteiger partial charge >= 0.3 is 5.97 Å². The number of ether oxygens (including phenoxy) is 2. The molecule has 37 heavy (non-hydrogen) atoms. The summed E-state index contributed by atoms with van der Waals surface area (Å²) in [4.78, 5) is 34.5. The van der Waals surface area contributed by atoms with E-state index in [1.807, 2.05) is 0 Å². The summed E-state index contributed by atoms with van der Waals surface area (Å²) >= 11 is 0. The van der Waals surface area contributed by atoms with E-state index in [-0.39, 0.29) is 35.4 Å². The van der Waals surface area contributed by atoms with Crippen molar-refractivity contribution in [2.45, 2.75) is 24.5 Å². The maximum Gasteiger partial charge on any atom is 0.348 e. The first-order valence-electron chi connectivity index (χ1n) is 12.2. The average Bonchev–Trinajstić information content (AvgIpc) is 2.90. The minimum atomic E-state index is -1.98. The number of anilines is 1. The van der Waals surface area contributed by atoms with Gasteiger partial charge in [-0.3, -0.25) is 4.79 Å². The molecule has 9 nitrogen and oxygen atoms in total. The van der Waals surface area contributed by atoms with Gasteiger partial charge in [-0.15, -0.1) is 0 Å². The highest BCUT2D eigenvalue weighted by atomic mass is 79.9. The third-order valence-electron chi connectivity index (χ3n) is 7.70. The minimum Gasteiger partial charge on any atom is -1.00 e. The number of piperidine rings is 3. The molecule has 3 saturated heterocycles. The van der Waals surface area contributed by atoms with E-state index >= 15 is 0 Å². The number of benzene rings is 2. The first-order chi connectivity index (χ1) is 17.5. The smallest absolute Gasteiger partial charge is 0.348 e. The lowest BCUT2D eigenvalue weighted by atomic mass is 9.81. The molecule has 2 N–H and O–H groups in total. The molecule has 0 spiro atoms. The van der Waals surface area contributed by atoms with Gasteiger partial charge in [-0.25, -0.2) is 14.8 Å². The van der Waals surface area contributed by atoms with E-state index in [2.05, 4.69) is 15.3 Å². The second-order valence-corrected chi connectivity index (χ2v) is 9.86. The average molecular weight is 567 g/mol. The predicted octanol–water partition coefficient (Wildman–Crippen LogP) is -0.387. The SMILES string of the molecule is O=C(C[N+]12CCC(CC1)[C@@H](OC(=O)C1(O)c3ccccc3Oc3ccccc31)C2)Nc1ccncn1.[Br-]. The number of aromatic nitrogens is 2. The third kappa shape index (κ3) is 4.49. The Morgan fingerprint density at radius 2 is 1.70 bits per heavy atom. The fourth-order valence-corrected chi connectivity index (χ4v) is 5.84. The van der Waals surface area contributed by atoms with Crippen molar-refractivity contribution in [3.8, 4) is 11.5 Å². The Balaban J connectivity index is 0.00000280. The van der Waals surface area contributed by atoms with Crippen LogP contribution in [0.3, 0.4) is 0 Å². The van der Waals surface area contributed by atoms with Crippen LogP contribution in [-0.4, -0.2) is 63.7 Å². The zero-order chi connectivity index (χ0) is 24.8. The van der Waals surface area contributed by atoms with Gasteiger partial charge < -0.3 is 41.4 Å². The van der Waals surface area contributed by atoms with Crippen molar-refractivity contribution >= 4 is 17.7 Å². The van der Waals surface area contributed by atoms with Crippen LogP contribution < -0.4 is 27.0 Å². The lowest BCUT2D eigenvalue weighted by Crippen LogP contribution is -3.00. The number of amides is 1. The van der Waals surface area contributed by atoms with E-state index in [0.29, 0.717) is 39.5 Å². The van der Waals surface area contributed by atoms with Crippen LogP contribution in [0.2, 0.25) is 0 Å². The van der Waals surface area contributed by atoms with Crippen LogP contribution in [0.15, 0.2) is 67.1 Å². The molecule has 0 unspecified atom stereocenters. The number of nitrogens with one attached hydrogen (secondary N) is 1. The Morgan fingerprint density at radius 3 is 2.32 bits per heavy atom. The molecule has 7 rings (SSSR count). The van der Waals surface area contributed by atoms with Crippen LogP contribution in [0.1, 0.15) is 24.0 Å². The zero-order valence-corrected chi connectivity index (χ0v) is 21.6. The van der Waals surface area contributed by atoms with Gasteiger partial charge in [0.15, 0.2) is 12.6 Å². The van der Waals surface area contributed by atoms with Crippen LogP contribution in [0.4, 0.5) is 5.82 Å². The molecule has 1 amide bonds. The van der Waals surface area contributed by atoms with E-state index in [1.165, 1.54) is 6.33 Å². The second kappa shape index (κ2) is 9.85. The first-order valence-corrected chi connectivity index (χ1v) is 12.2. The Labute approximate surface area is 224 Å². The number of quaternary nitrogens is 1. The highest BCUT2D eigenvalue weighted by Gasteiger charge is 2.53. The van der Waals surface area contributed by atoms with Gasteiger partial charge in [0.1, 0.15) is 30.2 Å². The number of hydrogen-bond donors (Lipinski definition) is 2. The number of carbonyl (C=O) groups is 2. The quantitative estimate of drug-likeness (QED) is 0.320. The second-order valence-electron chi connectivity index (χ2n) is 9.86. The molecule has 3 aromatic rings. The van der Waals surface area contributed by atoms with Crippen molar-refractivity contribution in [3.05, 3.63) is 78.2 Å². The summed E-state index contributed by atoms with van der Waals surface area (Å²) in [6.45, 7) is 2.50. The number of halogens is 1. The minimum absolute atomic E-state index is 0. The molecule has 0 saturated carbocycles. The van der Waals surface area contributed by atoms with Crippen molar-refractivity contribution in [1.82, 2.24) is 9.97 Å². The Kier molecular flexibility index (Phi) is 6.74. The molecule has 10 heteroatoms. The molecular formula is C27H27BrN4O5. The number of rotatable bonds is 5. The molecule has 1 aromatic heterocycles. The summed E-state index contributed by atoms with van der Waals surface area (Å²) in [6, 6.07) is 15.6. The Morgan fingerprint density at radius 1 is 1.05 bits per heavy atom. The first kappa shape index (κ1) is 25.3. The normalized spacial score (nSPS) is 24.5. The molecule has 0 aliphatic carbocycles. The summed E-state index contributed by atoms with van der Waals surface area (Å²) in [5.74, 6) is 0.664. The highest BCUT2D eigenvalue weighted by Crippen LogP contribution is 2.48. The topological polar surface area (TPSA) is 111 Å². The summed E-state index contributed by atoms with van der Waals surface area (Å²) in [6.07, 6.45) is 4.29. The molecule has 192 valence electrons. The molecule has 5 heterocycles. The lowest BCUT2D eigenvalue weighted by molar-refractivity contribution is -0.939. The molecule has 4 aliphatic rings. The van der Waals surface area contributed by atoms with Gasteiger partial charge in [0.05, 0.1) is 13.1 Å². The van der Waals surface area contributed by atoms with Crippen LogP contribution in [0.25, 0.3) is 0 Å². The van der Waals surface area contributed by atoms with Crippen molar-refractivity contribution in [1.29, 1.82) is 0 Å². The van der Waals surface area contributed by atoms with Gasteiger partial charge in [-0.1, -0.05) is 36.4 Å². The van der Waals surface area contributed by atoms with E-state index in [4.69, 9.17) is 9.47 Å². The van der Waals surface area contributed by atoms with Crippen molar-refractivity contribution in [3.63, 3.8) is 0 Å². The van der Waals surface area contributed by atoms with Crippen molar-refractivity contribution < 1.29 is 45.6 Å². The largest absolute Gasteiger partial charge is 1.00 e. The maximum absolute atomic E-state index is 13.7. The number of hydrogen-bond acceptors (Lipinski definition) is 7. The van der Waals surface area contributed by atoms with Gasteiger partial charge in [-0.2, -0.15) is 0 Å². The number of fused-ring (bicyclic) bond motifs is 5.